The number of carbonyl (C=O) groups is 4. The molecule has 3 heterocycles. The van der Waals surface area contributed by atoms with E-state index in [1.165, 1.54) is 0 Å². The van der Waals surface area contributed by atoms with E-state index in [1.807, 2.05) is 13.8 Å². The van der Waals surface area contributed by atoms with Crippen LogP contribution in [0.1, 0.15) is 63.7 Å². The number of fused-ring (bicyclic) bond motifs is 2. The second kappa shape index (κ2) is 12.1. The minimum atomic E-state index is -1.08. The van der Waals surface area contributed by atoms with E-state index < -0.39 is 18.0 Å². The molecule has 1 aromatic rings. The number of carbonyl (C=O) groups excluding carboxylic acids is 4. The number of nitrogens with one attached hydrogen (secondary N) is 2. The lowest BCUT2D eigenvalue weighted by Gasteiger charge is -2.37. The number of rotatable bonds is 3. The second-order valence-corrected chi connectivity index (χ2v) is 11.1. The van der Waals surface area contributed by atoms with Gasteiger partial charge in [0.05, 0.1) is 30.2 Å². The number of hydrogen-bond acceptors (Lipinski definition) is 6. The standard InChI is InChI=1S/C28H40N4O6/c1-17(2)12-20-16-37-24-10-6-5-8-21(24)26(34)30-22(28(36)31-14-18(3)38-19(4)15-31)13-25(33)32-11-7-9-23(32)27(35)29-20/h5-6,8,10,17-20,22-23H,7,9,11-16H2,1-4H3,(H,29,35)(H,30,34)/t18-,19+,20-,22-,23+/m0/s1. The molecule has 1 aromatic carbocycles. The number of hydrogen-bond donors (Lipinski definition) is 2. The Balaban J connectivity index is 1.66. The Morgan fingerprint density at radius 2 is 1.79 bits per heavy atom. The molecular weight excluding hydrogens is 488 g/mol. The van der Waals surface area contributed by atoms with Crippen molar-refractivity contribution in [2.45, 2.75) is 83.7 Å². The van der Waals surface area contributed by atoms with E-state index in [4.69, 9.17) is 9.47 Å². The lowest BCUT2D eigenvalue weighted by Crippen LogP contribution is -2.57. The van der Waals surface area contributed by atoms with Crippen molar-refractivity contribution in [3.05, 3.63) is 29.8 Å². The molecule has 0 aromatic heterocycles. The Kier molecular flexibility index (Phi) is 8.91. The molecule has 208 valence electrons. The first-order chi connectivity index (χ1) is 18.1. The van der Waals surface area contributed by atoms with Crippen LogP contribution in [0.15, 0.2) is 24.3 Å². The van der Waals surface area contributed by atoms with Gasteiger partial charge >= 0.3 is 0 Å². The quantitative estimate of drug-likeness (QED) is 0.617. The van der Waals surface area contributed by atoms with Gasteiger partial charge in [0.25, 0.3) is 5.91 Å². The third-order valence-electron chi connectivity index (χ3n) is 7.26. The molecule has 5 atom stereocenters. The minimum absolute atomic E-state index is 0.160. The third kappa shape index (κ3) is 6.64. The van der Waals surface area contributed by atoms with Crippen LogP contribution in [0, 0.1) is 5.92 Å². The van der Waals surface area contributed by atoms with Crippen molar-refractivity contribution in [2.24, 2.45) is 5.92 Å². The van der Waals surface area contributed by atoms with Crippen LogP contribution in [0.4, 0.5) is 0 Å². The molecule has 2 fully saturated rings. The Morgan fingerprint density at radius 1 is 1.08 bits per heavy atom. The van der Waals surface area contributed by atoms with Gasteiger partial charge in [-0.3, -0.25) is 19.2 Å². The SMILES string of the molecule is CC(C)C[C@H]1COc2ccccc2C(=O)N[C@H](C(=O)N2C[C@@H](C)O[C@@H](C)C2)CC(=O)N2CCC[C@@H]2C(=O)N1. The van der Waals surface area contributed by atoms with Crippen LogP contribution in [-0.2, 0) is 19.1 Å². The zero-order valence-corrected chi connectivity index (χ0v) is 22.8. The predicted molar refractivity (Wildman–Crippen MR) is 141 cm³/mol. The van der Waals surface area contributed by atoms with E-state index in [0.717, 1.165) is 0 Å². The Bertz CT molecular complexity index is 1040. The van der Waals surface area contributed by atoms with Gasteiger partial charge in [-0.25, -0.2) is 0 Å². The van der Waals surface area contributed by atoms with Gasteiger partial charge in [-0.1, -0.05) is 26.0 Å². The Labute approximate surface area is 224 Å². The van der Waals surface area contributed by atoms with Crippen molar-refractivity contribution in [2.75, 3.05) is 26.2 Å². The van der Waals surface area contributed by atoms with Gasteiger partial charge in [0.2, 0.25) is 17.7 Å². The van der Waals surface area contributed by atoms with Gasteiger partial charge in [-0.2, -0.15) is 0 Å². The highest BCUT2D eigenvalue weighted by Gasteiger charge is 2.39. The summed E-state index contributed by atoms with van der Waals surface area (Å²) in [7, 11) is 0. The van der Waals surface area contributed by atoms with Gasteiger partial charge in [0.1, 0.15) is 24.4 Å². The van der Waals surface area contributed by atoms with Crippen LogP contribution in [-0.4, -0.2) is 90.0 Å². The van der Waals surface area contributed by atoms with Crippen LogP contribution in [0.5, 0.6) is 5.75 Å². The molecule has 0 spiro atoms. The molecule has 0 radical (unpaired) electrons. The van der Waals surface area contributed by atoms with Crippen molar-refractivity contribution >= 4 is 23.6 Å². The van der Waals surface area contributed by atoms with E-state index in [9.17, 15) is 19.2 Å². The summed E-state index contributed by atoms with van der Waals surface area (Å²) in [6.07, 6.45) is 1.39. The molecule has 0 aliphatic carbocycles. The van der Waals surface area contributed by atoms with Gasteiger partial charge in [0.15, 0.2) is 0 Å². The fraction of sp³-hybridized carbons (Fsp3) is 0.643. The second-order valence-electron chi connectivity index (χ2n) is 11.1. The van der Waals surface area contributed by atoms with Crippen LogP contribution in [0.25, 0.3) is 0 Å². The number of nitrogens with zero attached hydrogens (tertiary/aromatic N) is 2. The van der Waals surface area contributed by atoms with Crippen LogP contribution >= 0.6 is 0 Å². The molecular formula is C28H40N4O6. The van der Waals surface area contributed by atoms with Crippen LogP contribution in [0.2, 0.25) is 0 Å². The van der Waals surface area contributed by atoms with Gasteiger partial charge in [-0.05, 0) is 51.2 Å². The van der Waals surface area contributed by atoms with Gasteiger partial charge < -0.3 is 29.9 Å². The average Bonchev–Trinajstić information content (AvgIpc) is 3.35. The number of morpholine rings is 1. The first kappa shape index (κ1) is 27.9. The lowest BCUT2D eigenvalue weighted by atomic mass is 10.0. The fourth-order valence-electron chi connectivity index (χ4n) is 5.65. The summed E-state index contributed by atoms with van der Waals surface area (Å²) in [5, 5.41) is 5.90. The summed E-state index contributed by atoms with van der Waals surface area (Å²) in [6.45, 7) is 9.27. The summed E-state index contributed by atoms with van der Waals surface area (Å²) >= 11 is 0. The van der Waals surface area contributed by atoms with Crippen molar-refractivity contribution in [1.82, 2.24) is 20.4 Å². The minimum Gasteiger partial charge on any atom is -0.491 e. The molecule has 10 nitrogen and oxygen atoms in total. The smallest absolute Gasteiger partial charge is 0.255 e. The van der Waals surface area contributed by atoms with Crippen molar-refractivity contribution in [1.29, 1.82) is 0 Å². The lowest BCUT2D eigenvalue weighted by molar-refractivity contribution is -0.148. The van der Waals surface area contributed by atoms with E-state index in [-0.39, 0.29) is 54.6 Å². The fourth-order valence-corrected chi connectivity index (χ4v) is 5.65. The van der Waals surface area contributed by atoms with Crippen LogP contribution in [0.3, 0.4) is 0 Å². The third-order valence-corrected chi connectivity index (χ3v) is 7.26. The van der Waals surface area contributed by atoms with Crippen molar-refractivity contribution in [3.63, 3.8) is 0 Å². The summed E-state index contributed by atoms with van der Waals surface area (Å²) in [4.78, 5) is 57.2. The maximum Gasteiger partial charge on any atom is 0.255 e. The number of amides is 4. The molecule has 4 amide bonds. The first-order valence-electron chi connectivity index (χ1n) is 13.7. The van der Waals surface area contributed by atoms with Gasteiger partial charge in [0, 0.05) is 19.6 Å². The first-order valence-corrected chi connectivity index (χ1v) is 13.7. The molecule has 2 N–H and O–H groups in total. The Hall–Kier alpha value is -3.14. The van der Waals surface area contributed by atoms with E-state index in [0.29, 0.717) is 50.6 Å². The zero-order chi connectivity index (χ0) is 27.4. The van der Waals surface area contributed by atoms with E-state index in [1.54, 1.807) is 34.1 Å². The molecule has 0 unspecified atom stereocenters. The number of para-hydroxylation sites is 1. The molecule has 0 saturated carbocycles. The van der Waals surface area contributed by atoms with Crippen molar-refractivity contribution < 1.29 is 28.7 Å². The molecule has 3 aliphatic heterocycles. The summed E-state index contributed by atoms with van der Waals surface area (Å²) in [6, 6.07) is 4.85. The van der Waals surface area contributed by atoms with E-state index in [2.05, 4.69) is 24.5 Å². The highest BCUT2D eigenvalue weighted by atomic mass is 16.5. The molecule has 3 aliphatic rings. The molecule has 38 heavy (non-hydrogen) atoms. The number of benzene rings is 1. The molecule has 10 heteroatoms. The molecule has 0 bridgehead atoms. The summed E-state index contributed by atoms with van der Waals surface area (Å²) in [5.74, 6) is -0.688. The summed E-state index contributed by atoms with van der Waals surface area (Å²) < 4.78 is 11.8. The van der Waals surface area contributed by atoms with Crippen molar-refractivity contribution in [3.8, 4) is 5.75 Å². The number of ether oxygens (including phenoxy) is 2. The highest BCUT2D eigenvalue weighted by molar-refractivity contribution is 6.01. The monoisotopic (exact) mass is 528 g/mol. The highest BCUT2D eigenvalue weighted by Crippen LogP contribution is 2.23. The summed E-state index contributed by atoms with van der Waals surface area (Å²) in [5.41, 5.74) is 0.271. The topological polar surface area (TPSA) is 117 Å². The maximum absolute atomic E-state index is 13.7. The normalized spacial score (nSPS) is 29.1. The average molecular weight is 529 g/mol. The van der Waals surface area contributed by atoms with E-state index >= 15 is 0 Å². The van der Waals surface area contributed by atoms with Crippen LogP contribution < -0.4 is 15.4 Å². The maximum atomic E-state index is 13.7. The zero-order valence-electron chi connectivity index (χ0n) is 22.8. The molecule has 2 saturated heterocycles. The largest absolute Gasteiger partial charge is 0.491 e. The Morgan fingerprint density at radius 3 is 2.50 bits per heavy atom. The van der Waals surface area contributed by atoms with Gasteiger partial charge in [-0.15, -0.1) is 0 Å². The molecule has 4 rings (SSSR count). The predicted octanol–water partition coefficient (Wildman–Crippen LogP) is 1.73.